The Morgan fingerprint density at radius 1 is 1.10 bits per heavy atom. The van der Waals surface area contributed by atoms with E-state index in [-0.39, 0.29) is 17.5 Å². The minimum absolute atomic E-state index is 0.00795. The number of likely N-dealkylation sites (tertiary alicyclic amines) is 1. The second-order valence-electron chi connectivity index (χ2n) is 7.36. The number of ether oxygens (including phenoxy) is 1. The largest absolute Gasteiger partial charge is 0.495 e. The van der Waals surface area contributed by atoms with Gasteiger partial charge in [0.15, 0.2) is 5.03 Å². The molecule has 1 aromatic heterocycles. The van der Waals surface area contributed by atoms with Crippen LogP contribution in [0.5, 0.6) is 5.75 Å². The molecule has 1 atom stereocenters. The molecule has 0 saturated carbocycles. The van der Waals surface area contributed by atoms with Crippen LogP contribution in [0, 0.1) is 0 Å². The molecule has 9 heteroatoms. The molecule has 30 heavy (non-hydrogen) atoms. The van der Waals surface area contributed by atoms with E-state index in [1.54, 1.807) is 11.0 Å². The number of sulfonamides is 1. The summed E-state index contributed by atoms with van der Waals surface area (Å²) in [6, 6.07) is 12.2. The minimum Gasteiger partial charge on any atom is -0.495 e. The third-order valence-electron chi connectivity index (χ3n) is 5.54. The quantitative estimate of drug-likeness (QED) is 0.688. The van der Waals surface area contributed by atoms with Gasteiger partial charge in [-0.1, -0.05) is 30.3 Å². The van der Waals surface area contributed by atoms with Crippen LogP contribution in [0.15, 0.2) is 64.8 Å². The molecule has 3 heterocycles. The number of hydrogen-bond acceptors (Lipinski definition) is 6. The fourth-order valence-corrected chi connectivity index (χ4v) is 4.91. The zero-order valence-electron chi connectivity index (χ0n) is 16.6. The molecular weight excluding hydrogens is 406 g/mol. The zero-order valence-corrected chi connectivity index (χ0v) is 17.4. The first kappa shape index (κ1) is 20.5. The monoisotopic (exact) mass is 429 g/mol. The molecule has 2 aliphatic rings. The Hall–Kier alpha value is -2.75. The van der Waals surface area contributed by atoms with Crippen molar-refractivity contribution < 1.29 is 23.1 Å². The van der Waals surface area contributed by atoms with Gasteiger partial charge in [0.05, 0.1) is 25.8 Å². The van der Waals surface area contributed by atoms with Crippen molar-refractivity contribution in [3.05, 3.63) is 65.4 Å². The normalized spacial score (nSPS) is 17.9. The standard InChI is InChI=1S/C21H23N3O5S/c1-29-18-7-8-20(22-9-18)30(27,28)24-12-17(13-24)16-10-23(11-16)21(26)19(14-25)15-5-3-2-4-6-15/h2-9,19,25H,10-14H2,1H3/t19-/m1/s1. The lowest BCUT2D eigenvalue weighted by atomic mass is 9.92. The van der Waals surface area contributed by atoms with Gasteiger partial charge in [-0.05, 0) is 28.8 Å². The van der Waals surface area contributed by atoms with Gasteiger partial charge in [0.1, 0.15) is 5.75 Å². The molecule has 1 N–H and O–H groups in total. The van der Waals surface area contributed by atoms with E-state index in [4.69, 9.17) is 4.74 Å². The van der Waals surface area contributed by atoms with Crippen molar-refractivity contribution in [3.63, 3.8) is 0 Å². The number of carbonyl (C=O) groups is 1. The molecule has 158 valence electrons. The molecule has 0 aliphatic carbocycles. The maximum Gasteiger partial charge on any atom is 0.261 e. The predicted octanol–water partition coefficient (Wildman–Crippen LogP) is 1.01. The lowest BCUT2D eigenvalue weighted by molar-refractivity contribution is -0.135. The summed E-state index contributed by atoms with van der Waals surface area (Å²) in [5.41, 5.74) is 2.91. The van der Waals surface area contributed by atoms with Crippen LogP contribution in [0.25, 0.3) is 0 Å². The summed E-state index contributed by atoms with van der Waals surface area (Å²) in [6.45, 7) is 1.34. The van der Waals surface area contributed by atoms with Gasteiger partial charge in [-0.15, -0.1) is 0 Å². The van der Waals surface area contributed by atoms with Crippen molar-refractivity contribution >= 4 is 15.9 Å². The number of rotatable bonds is 6. The van der Waals surface area contributed by atoms with Crippen molar-refractivity contribution in [2.75, 3.05) is 39.9 Å². The SMILES string of the molecule is COc1ccc(S(=O)(=O)N2CC(=C3CN(C(=O)[C@H](CO)c4ccccc4)C3)C2)nc1. The Bertz CT molecular complexity index is 1050. The smallest absolute Gasteiger partial charge is 0.261 e. The van der Waals surface area contributed by atoms with Crippen molar-refractivity contribution in [3.8, 4) is 5.75 Å². The van der Waals surface area contributed by atoms with Gasteiger partial charge < -0.3 is 14.7 Å². The number of benzene rings is 1. The number of carbonyl (C=O) groups excluding carboxylic acids is 1. The number of aliphatic hydroxyl groups excluding tert-OH is 1. The van der Waals surface area contributed by atoms with Gasteiger partial charge in [0.25, 0.3) is 10.0 Å². The summed E-state index contributed by atoms with van der Waals surface area (Å²) in [4.78, 5) is 18.4. The summed E-state index contributed by atoms with van der Waals surface area (Å²) in [7, 11) is -2.15. The van der Waals surface area contributed by atoms with E-state index in [1.165, 1.54) is 23.7 Å². The second kappa shape index (κ2) is 8.17. The van der Waals surface area contributed by atoms with Gasteiger partial charge in [-0.25, -0.2) is 13.4 Å². The number of nitrogens with zero attached hydrogens (tertiary/aromatic N) is 3. The number of aromatic nitrogens is 1. The Morgan fingerprint density at radius 2 is 1.77 bits per heavy atom. The van der Waals surface area contributed by atoms with Gasteiger partial charge in [0.2, 0.25) is 5.91 Å². The highest BCUT2D eigenvalue weighted by Crippen LogP contribution is 2.31. The molecule has 1 aromatic carbocycles. The maximum absolute atomic E-state index is 12.7. The van der Waals surface area contributed by atoms with Crippen LogP contribution in [0.1, 0.15) is 11.5 Å². The molecule has 2 aliphatic heterocycles. The summed E-state index contributed by atoms with van der Waals surface area (Å²) in [5.74, 6) is -0.187. The molecule has 1 amide bonds. The molecule has 4 rings (SSSR count). The summed E-state index contributed by atoms with van der Waals surface area (Å²) in [6.07, 6.45) is 1.38. The second-order valence-corrected chi connectivity index (χ2v) is 9.24. The van der Waals surface area contributed by atoms with E-state index >= 15 is 0 Å². The number of aliphatic hydroxyl groups is 1. The molecule has 0 bridgehead atoms. The van der Waals surface area contributed by atoms with Crippen LogP contribution < -0.4 is 4.74 Å². The van der Waals surface area contributed by atoms with Crippen molar-refractivity contribution in [2.24, 2.45) is 0 Å². The molecular formula is C21H23N3O5S. The summed E-state index contributed by atoms with van der Waals surface area (Å²) >= 11 is 0. The van der Waals surface area contributed by atoms with E-state index in [2.05, 4.69) is 4.98 Å². The van der Waals surface area contributed by atoms with Crippen LogP contribution in [0.4, 0.5) is 0 Å². The average Bonchev–Trinajstić information content (AvgIpc) is 2.69. The highest BCUT2D eigenvalue weighted by Gasteiger charge is 2.39. The topological polar surface area (TPSA) is 100 Å². The predicted molar refractivity (Wildman–Crippen MR) is 109 cm³/mol. The molecule has 0 spiro atoms. The van der Waals surface area contributed by atoms with Crippen LogP contribution in [-0.4, -0.2) is 73.5 Å². The first-order chi connectivity index (χ1) is 14.4. The first-order valence-corrected chi connectivity index (χ1v) is 11.0. The lowest BCUT2D eigenvalue weighted by Gasteiger charge is -2.42. The van der Waals surface area contributed by atoms with E-state index in [0.717, 1.165) is 16.7 Å². The zero-order chi connectivity index (χ0) is 21.3. The fraction of sp³-hybridized carbons (Fsp3) is 0.333. The minimum atomic E-state index is -3.64. The van der Waals surface area contributed by atoms with Crippen molar-refractivity contribution in [1.82, 2.24) is 14.2 Å². The van der Waals surface area contributed by atoms with Gasteiger partial charge in [-0.3, -0.25) is 4.79 Å². The molecule has 0 radical (unpaired) electrons. The van der Waals surface area contributed by atoms with Crippen LogP contribution >= 0.6 is 0 Å². The number of methoxy groups -OCH3 is 1. The van der Waals surface area contributed by atoms with Gasteiger partial charge in [0, 0.05) is 26.2 Å². The highest BCUT2D eigenvalue weighted by atomic mass is 32.2. The first-order valence-electron chi connectivity index (χ1n) is 9.58. The summed E-state index contributed by atoms with van der Waals surface area (Å²) in [5, 5.41) is 9.66. The van der Waals surface area contributed by atoms with Crippen LogP contribution in [-0.2, 0) is 14.8 Å². The number of amides is 1. The third-order valence-corrected chi connectivity index (χ3v) is 7.25. The molecule has 2 fully saturated rings. The van der Waals surface area contributed by atoms with E-state index in [0.29, 0.717) is 31.9 Å². The van der Waals surface area contributed by atoms with Crippen LogP contribution in [0.3, 0.4) is 0 Å². The maximum atomic E-state index is 12.7. The van der Waals surface area contributed by atoms with E-state index in [1.807, 2.05) is 30.3 Å². The van der Waals surface area contributed by atoms with Crippen LogP contribution in [0.2, 0.25) is 0 Å². The number of pyridine rings is 1. The summed E-state index contributed by atoms with van der Waals surface area (Å²) < 4.78 is 31.7. The molecule has 0 unspecified atom stereocenters. The number of hydrogen-bond donors (Lipinski definition) is 1. The Kier molecular flexibility index (Phi) is 5.59. The Morgan fingerprint density at radius 3 is 2.33 bits per heavy atom. The lowest BCUT2D eigenvalue weighted by Crippen LogP contribution is -2.52. The molecule has 8 nitrogen and oxygen atoms in total. The Labute approximate surface area is 175 Å². The van der Waals surface area contributed by atoms with Crippen molar-refractivity contribution in [2.45, 2.75) is 10.9 Å². The van der Waals surface area contributed by atoms with Crippen molar-refractivity contribution in [1.29, 1.82) is 0 Å². The van der Waals surface area contributed by atoms with Gasteiger partial charge >= 0.3 is 0 Å². The molecule has 2 saturated heterocycles. The highest BCUT2D eigenvalue weighted by molar-refractivity contribution is 7.89. The van der Waals surface area contributed by atoms with Gasteiger partial charge in [-0.2, -0.15) is 4.31 Å². The average molecular weight is 429 g/mol. The van der Waals surface area contributed by atoms with E-state index in [9.17, 15) is 18.3 Å². The molecule has 2 aromatic rings. The fourth-order valence-electron chi connectivity index (χ4n) is 3.57. The Balaban J connectivity index is 1.36. The third kappa shape index (κ3) is 3.71. The van der Waals surface area contributed by atoms with E-state index < -0.39 is 15.9 Å².